The minimum atomic E-state index is -0.611. The van der Waals surface area contributed by atoms with Crippen LogP contribution in [0.5, 0.6) is 0 Å². The normalized spacial score (nSPS) is 37.0. The second-order valence-corrected chi connectivity index (χ2v) is 10.6. The number of aromatic nitrogens is 1. The predicted octanol–water partition coefficient (Wildman–Crippen LogP) is 4.07. The highest BCUT2D eigenvalue weighted by molar-refractivity contribution is 7.18. The molecule has 1 aromatic heterocycles. The Balaban J connectivity index is 1.28. The maximum atomic E-state index is 13.2. The summed E-state index contributed by atoms with van der Waals surface area (Å²) in [6.45, 7) is 2.86. The van der Waals surface area contributed by atoms with E-state index >= 15 is 0 Å². The van der Waals surface area contributed by atoms with Crippen molar-refractivity contribution in [2.45, 2.75) is 63.9 Å². The molecule has 4 fully saturated rings. The van der Waals surface area contributed by atoms with Crippen molar-refractivity contribution in [3.05, 3.63) is 29.3 Å². The van der Waals surface area contributed by atoms with E-state index in [1.54, 1.807) is 11.3 Å². The second-order valence-electron chi connectivity index (χ2n) is 9.45. The van der Waals surface area contributed by atoms with E-state index in [2.05, 4.69) is 23.3 Å². The monoisotopic (exact) mass is 384 g/mol. The number of carbonyl (C=O) groups excluding carboxylic acids is 1. The number of hydrogen-bond donors (Lipinski definition) is 2. The lowest BCUT2D eigenvalue weighted by molar-refractivity contribution is -0.204. The molecule has 4 aliphatic rings. The number of benzene rings is 1. The van der Waals surface area contributed by atoms with Crippen LogP contribution in [0.25, 0.3) is 10.2 Å². The summed E-state index contributed by atoms with van der Waals surface area (Å²) in [6, 6.07) is 8.17. The first-order valence-corrected chi connectivity index (χ1v) is 11.1. The Labute approximate surface area is 164 Å². The van der Waals surface area contributed by atoms with Crippen molar-refractivity contribution in [2.24, 2.45) is 16.7 Å². The van der Waals surface area contributed by atoms with Crippen molar-refractivity contribution in [3.63, 3.8) is 0 Å². The van der Waals surface area contributed by atoms with Gasteiger partial charge in [0.15, 0.2) is 0 Å². The van der Waals surface area contributed by atoms with E-state index in [-0.39, 0.29) is 16.7 Å². The molecule has 0 saturated heterocycles. The molecule has 1 aromatic carbocycles. The molecule has 4 aliphatic carbocycles. The molecule has 144 valence electrons. The number of nitrogens with zero attached hydrogens (tertiary/aromatic N) is 1. The topological polar surface area (TPSA) is 62.2 Å². The van der Waals surface area contributed by atoms with Crippen LogP contribution in [0.4, 0.5) is 0 Å². The summed E-state index contributed by atoms with van der Waals surface area (Å²) in [7, 11) is 0. The van der Waals surface area contributed by atoms with E-state index in [0.717, 1.165) is 49.0 Å². The quantitative estimate of drug-likeness (QED) is 0.817. The zero-order chi connectivity index (χ0) is 18.7. The van der Waals surface area contributed by atoms with Crippen molar-refractivity contribution in [3.8, 4) is 0 Å². The number of aliphatic hydroxyl groups is 1. The molecular weight excluding hydrogens is 356 g/mol. The van der Waals surface area contributed by atoms with Crippen molar-refractivity contribution in [1.29, 1.82) is 0 Å². The smallest absolute Gasteiger partial charge is 0.226 e. The van der Waals surface area contributed by atoms with Gasteiger partial charge in [-0.05, 0) is 62.0 Å². The summed E-state index contributed by atoms with van der Waals surface area (Å²) in [5.74, 6) is 0.685. The SMILES string of the molecule is CCC12CC3CC(O)(C1)CC(C(=O)NCCc1nc4ccccc4s1)(C3)C2. The number of rotatable bonds is 5. The van der Waals surface area contributed by atoms with Crippen LogP contribution in [-0.2, 0) is 11.2 Å². The molecule has 2 aromatic rings. The van der Waals surface area contributed by atoms with Crippen LogP contribution in [0.3, 0.4) is 0 Å². The fraction of sp³-hybridized carbons (Fsp3) is 0.636. The molecule has 0 spiro atoms. The van der Waals surface area contributed by atoms with Gasteiger partial charge in [-0.2, -0.15) is 0 Å². The molecule has 1 heterocycles. The lowest BCUT2D eigenvalue weighted by Crippen LogP contribution is -2.63. The number of hydrogen-bond acceptors (Lipinski definition) is 4. The Morgan fingerprint density at radius 3 is 2.89 bits per heavy atom. The van der Waals surface area contributed by atoms with E-state index < -0.39 is 5.60 Å². The molecule has 6 rings (SSSR count). The molecule has 27 heavy (non-hydrogen) atoms. The Bertz CT molecular complexity index is 862. The molecule has 4 unspecified atom stereocenters. The highest BCUT2D eigenvalue weighted by Gasteiger charge is 2.64. The number of nitrogens with one attached hydrogen (secondary N) is 1. The highest BCUT2D eigenvalue weighted by atomic mass is 32.1. The first kappa shape index (κ1) is 17.6. The molecule has 0 aliphatic heterocycles. The summed E-state index contributed by atoms with van der Waals surface area (Å²) in [5, 5.41) is 15.4. The van der Waals surface area contributed by atoms with Crippen molar-refractivity contribution < 1.29 is 9.90 Å². The molecule has 4 bridgehead atoms. The minimum absolute atomic E-state index is 0.170. The van der Waals surface area contributed by atoms with Gasteiger partial charge in [0.25, 0.3) is 0 Å². The largest absolute Gasteiger partial charge is 0.390 e. The van der Waals surface area contributed by atoms with Crippen molar-refractivity contribution >= 4 is 27.5 Å². The van der Waals surface area contributed by atoms with Gasteiger partial charge in [0.05, 0.1) is 26.2 Å². The lowest BCUT2D eigenvalue weighted by atomic mass is 9.42. The summed E-state index contributed by atoms with van der Waals surface area (Å²) in [5.41, 5.74) is 0.257. The first-order chi connectivity index (χ1) is 12.9. The number of thiazole rings is 1. The third kappa shape index (κ3) is 2.90. The van der Waals surface area contributed by atoms with Gasteiger partial charge in [0.2, 0.25) is 5.91 Å². The molecule has 5 heteroatoms. The zero-order valence-corrected chi connectivity index (χ0v) is 16.8. The minimum Gasteiger partial charge on any atom is -0.390 e. The molecule has 4 nitrogen and oxygen atoms in total. The van der Waals surface area contributed by atoms with Gasteiger partial charge in [-0.3, -0.25) is 4.79 Å². The van der Waals surface area contributed by atoms with Gasteiger partial charge >= 0.3 is 0 Å². The zero-order valence-electron chi connectivity index (χ0n) is 16.0. The number of para-hydroxylation sites is 1. The summed E-state index contributed by atoms with van der Waals surface area (Å²) in [6.07, 6.45) is 7.42. The van der Waals surface area contributed by atoms with Crippen LogP contribution in [-0.4, -0.2) is 28.1 Å². The van der Waals surface area contributed by atoms with Crippen LogP contribution in [0.1, 0.15) is 56.9 Å². The standard InChI is InChI=1S/C22H28N2O2S/c1-2-20-9-15-10-21(12-20,14-22(26,11-15)13-20)19(25)23-8-7-18-24-16-5-3-4-6-17(16)27-18/h3-6,15,26H,2,7-14H2,1H3,(H,23,25). The molecule has 4 atom stereocenters. The average Bonchev–Trinajstić information content (AvgIpc) is 3.02. The van der Waals surface area contributed by atoms with Crippen LogP contribution in [0.2, 0.25) is 0 Å². The average molecular weight is 385 g/mol. The third-order valence-corrected chi connectivity index (χ3v) is 8.45. The van der Waals surface area contributed by atoms with Crippen LogP contribution in [0, 0.1) is 16.7 Å². The van der Waals surface area contributed by atoms with Crippen molar-refractivity contribution in [2.75, 3.05) is 6.54 Å². The van der Waals surface area contributed by atoms with E-state index in [4.69, 9.17) is 0 Å². The summed E-state index contributed by atoms with van der Waals surface area (Å²) in [4.78, 5) is 17.9. The molecule has 1 amide bonds. The Morgan fingerprint density at radius 2 is 2.11 bits per heavy atom. The van der Waals surface area contributed by atoms with Gasteiger partial charge in [-0.15, -0.1) is 11.3 Å². The Hall–Kier alpha value is -1.46. The third-order valence-electron chi connectivity index (χ3n) is 7.35. The second kappa shape index (κ2) is 6.02. The lowest BCUT2D eigenvalue weighted by Gasteiger charge is -2.64. The van der Waals surface area contributed by atoms with Gasteiger partial charge < -0.3 is 10.4 Å². The van der Waals surface area contributed by atoms with Gasteiger partial charge in [-0.25, -0.2) is 4.98 Å². The van der Waals surface area contributed by atoms with Crippen molar-refractivity contribution in [1.82, 2.24) is 10.3 Å². The van der Waals surface area contributed by atoms with Gasteiger partial charge in [0.1, 0.15) is 0 Å². The number of fused-ring (bicyclic) bond motifs is 1. The maximum Gasteiger partial charge on any atom is 0.226 e. The van der Waals surface area contributed by atoms with Crippen LogP contribution >= 0.6 is 11.3 Å². The molecule has 0 radical (unpaired) electrons. The molecule has 2 N–H and O–H groups in total. The van der Waals surface area contributed by atoms with Crippen LogP contribution in [0.15, 0.2) is 24.3 Å². The first-order valence-electron chi connectivity index (χ1n) is 10.3. The van der Waals surface area contributed by atoms with E-state index in [1.807, 2.05) is 18.2 Å². The Kier molecular flexibility index (Phi) is 3.93. The highest BCUT2D eigenvalue weighted by Crippen LogP contribution is 2.67. The fourth-order valence-electron chi connectivity index (χ4n) is 6.73. The Morgan fingerprint density at radius 1 is 1.26 bits per heavy atom. The summed E-state index contributed by atoms with van der Waals surface area (Å²) < 4.78 is 1.20. The van der Waals surface area contributed by atoms with E-state index in [1.165, 1.54) is 11.1 Å². The number of amides is 1. The predicted molar refractivity (Wildman–Crippen MR) is 108 cm³/mol. The molecular formula is C22H28N2O2S. The van der Waals surface area contributed by atoms with Gasteiger partial charge in [0, 0.05) is 13.0 Å². The van der Waals surface area contributed by atoms with Crippen LogP contribution < -0.4 is 5.32 Å². The van der Waals surface area contributed by atoms with E-state index in [9.17, 15) is 9.90 Å². The number of carbonyl (C=O) groups is 1. The van der Waals surface area contributed by atoms with E-state index in [0.29, 0.717) is 18.9 Å². The summed E-state index contributed by atoms with van der Waals surface area (Å²) >= 11 is 1.71. The molecule has 4 saturated carbocycles. The maximum absolute atomic E-state index is 13.2. The van der Waals surface area contributed by atoms with Gasteiger partial charge in [-0.1, -0.05) is 25.5 Å². The fourth-order valence-corrected chi connectivity index (χ4v) is 7.70.